The Labute approximate surface area is 140 Å². The molecule has 10 heteroatoms. The van der Waals surface area contributed by atoms with Crippen molar-refractivity contribution in [3.8, 4) is 0 Å². The summed E-state index contributed by atoms with van der Waals surface area (Å²) in [6.07, 6.45) is -4.13. The molecular weight excluding hydrogens is 341 g/mol. The van der Waals surface area contributed by atoms with Gasteiger partial charge in [-0.05, 0) is 19.1 Å². The van der Waals surface area contributed by atoms with Crippen molar-refractivity contribution in [2.45, 2.75) is 13.1 Å². The first-order chi connectivity index (χ1) is 11.8. The van der Waals surface area contributed by atoms with Crippen LogP contribution >= 0.6 is 0 Å². The van der Waals surface area contributed by atoms with Crippen molar-refractivity contribution in [3.63, 3.8) is 0 Å². The molecule has 2 rings (SSSR count). The molecule has 0 saturated carbocycles. The largest absolute Gasteiger partial charge is 0.462 e. The number of nitrogens with one attached hydrogen (secondary N) is 2. The highest BCUT2D eigenvalue weighted by Gasteiger charge is 2.36. The molecule has 0 unspecified atom stereocenters. The lowest BCUT2D eigenvalue weighted by atomic mass is 10.2. The average molecular weight is 354 g/mol. The number of alkyl halides is 3. The van der Waals surface area contributed by atoms with E-state index in [9.17, 15) is 22.8 Å². The molecule has 0 bridgehead atoms. The Hall–Kier alpha value is -3.17. The molecule has 0 radical (unpaired) electrons. The zero-order valence-corrected chi connectivity index (χ0v) is 12.9. The lowest BCUT2D eigenvalue weighted by Crippen LogP contribution is -2.31. The second kappa shape index (κ2) is 7.60. The molecule has 2 N–H and O–H groups in total. The second-order valence-electron chi connectivity index (χ2n) is 4.62. The molecule has 1 aromatic heterocycles. The zero-order valence-electron chi connectivity index (χ0n) is 12.9. The topological polar surface area (TPSA) is 93.2 Å². The fourth-order valence-electron chi connectivity index (χ4n) is 1.75. The summed E-state index contributed by atoms with van der Waals surface area (Å²) in [6, 6.07) is 7.94. The van der Waals surface area contributed by atoms with Crippen LogP contribution in [0.1, 0.15) is 33.5 Å². The zero-order chi connectivity index (χ0) is 18.4. The molecule has 7 nitrogen and oxygen atoms in total. The number of hydrogen-bond donors (Lipinski definition) is 2. The molecule has 132 valence electrons. The number of nitrogens with zero attached hydrogens (tertiary/aromatic N) is 2. The highest BCUT2D eigenvalue weighted by Crippen LogP contribution is 2.27. The smallest absolute Gasteiger partial charge is 0.451 e. The first-order valence-corrected chi connectivity index (χ1v) is 7.05. The Morgan fingerprint density at radius 2 is 1.88 bits per heavy atom. The lowest BCUT2D eigenvalue weighted by molar-refractivity contribution is -0.144. The summed E-state index contributed by atoms with van der Waals surface area (Å²) >= 11 is 0. The molecule has 25 heavy (non-hydrogen) atoms. The number of amides is 1. The van der Waals surface area contributed by atoms with Crippen molar-refractivity contribution in [3.05, 3.63) is 53.5 Å². The number of ether oxygens (including phenoxy) is 1. The lowest BCUT2D eigenvalue weighted by Gasteiger charge is -2.13. The summed E-state index contributed by atoms with van der Waals surface area (Å²) in [5.74, 6) is -3.53. The van der Waals surface area contributed by atoms with E-state index in [1.165, 1.54) is 19.1 Å². The SMILES string of the molecule is CCOC(=O)c1cnc(C(F)(F)F)nc1NNC(=O)c1ccccc1. The molecule has 0 saturated heterocycles. The normalized spacial score (nSPS) is 10.9. The van der Waals surface area contributed by atoms with Crippen molar-refractivity contribution in [1.82, 2.24) is 15.4 Å². The number of carbonyl (C=O) groups excluding carboxylic acids is 2. The fourth-order valence-corrected chi connectivity index (χ4v) is 1.75. The van der Waals surface area contributed by atoms with Crippen LogP contribution in [0.5, 0.6) is 0 Å². The molecule has 0 atom stereocenters. The number of rotatable bonds is 5. The Kier molecular flexibility index (Phi) is 5.52. The Balaban J connectivity index is 2.26. The molecular formula is C15H13F3N4O3. The van der Waals surface area contributed by atoms with Crippen LogP contribution in [0.2, 0.25) is 0 Å². The van der Waals surface area contributed by atoms with Crippen molar-refractivity contribution in [1.29, 1.82) is 0 Å². The third kappa shape index (κ3) is 4.66. The third-order valence-corrected chi connectivity index (χ3v) is 2.87. The van der Waals surface area contributed by atoms with Crippen molar-refractivity contribution in [2.75, 3.05) is 12.0 Å². The van der Waals surface area contributed by atoms with Crippen LogP contribution in [-0.4, -0.2) is 28.5 Å². The summed E-state index contributed by atoms with van der Waals surface area (Å²) in [4.78, 5) is 30.1. The first kappa shape index (κ1) is 18.2. The Bertz CT molecular complexity index is 766. The van der Waals surface area contributed by atoms with Gasteiger partial charge in [0.25, 0.3) is 5.91 Å². The first-order valence-electron chi connectivity index (χ1n) is 7.05. The van der Waals surface area contributed by atoms with Crippen LogP contribution in [-0.2, 0) is 10.9 Å². The van der Waals surface area contributed by atoms with Gasteiger partial charge in [0.1, 0.15) is 5.56 Å². The maximum absolute atomic E-state index is 12.8. The van der Waals surface area contributed by atoms with Gasteiger partial charge >= 0.3 is 12.1 Å². The van der Waals surface area contributed by atoms with E-state index in [0.29, 0.717) is 6.20 Å². The van der Waals surface area contributed by atoms with E-state index in [1.54, 1.807) is 18.2 Å². The number of hydrazine groups is 1. The maximum Gasteiger partial charge on any atom is 0.451 e. The molecule has 0 spiro atoms. The van der Waals surface area contributed by atoms with Gasteiger partial charge in [0.15, 0.2) is 5.82 Å². The fraction of sp³-hybridized carbons (Fsp3) is 0.200. The van der Waals surface area contributed by atoms with Gasteiger partial charge in [0.05, 0.1) is 6.61 Å². The van der Waals surface area contributed by atoms with Gasteiger partial charge < -0.3 is 4.74 Å². The molecule has 1 amide bonds. The van der Waals surface area contributed by atoms with E-state index in [-0.39, 0.29) is 17.7 Å². The molecule has 0 fully saturated rings. The maximum atomic E-state index is 12.8. The highest BCUT2D eigenvalue weighted by molar-refractivity contribution is 5.97. The van der Waals surface area contributed by atoms with Crippen molar-refractivity contribution < 1.29 is 27.5 Å². The summed E-state index contributed by atoms with van der Waals surface area (Å²) in [5, 5.41) is 0. The van der Waals surface area contributed by atoms with Gasteiger partial charge in [-0.2, -0.15) is 13.2 Å². The van der Waals surface area contributed by atoms with Crippen LogP contribution in [0.15, 0.2) is 36.5 Å². The predicted molar refractivity (Wildman–Crippen MR) is 80.5 cm³/mol. The van der Waals surface area contributed by atoms with Crippen molar-refractivity contribution in [2.24, 2.45) is 0 Å². The quantitative estimate of drug-likeness (QED) is 0.633. The summed E-state index contributed by atoms with van der Waals surface area (Å²) in [7, 11) is 0. The Morgan fingerprint density at radius 3 is 2.48 bits per heavy atom. The van der Waals surface area contributed by atoms with Gasteiger partial charge in [-0.25, -0.2) is 14.8 Å². The molecule has 1 aromatic carbocycles. The van der Waals surface area contributed by atoms with Crippen LogP contribution < -0.4 is 10.9 Å². The summed E-state index contributed by atoms with van der Waals surface area (Å²) < 4.78 is 43.0. The minimum absolute atomic E-state index is 0.00959. The summed E-state index contributed by atoms with van der Waals surface area (Å²) in [5.41, 5.74) is 4.31. The van der Waals surface area contributed by atoms with E-state index in [2.05, 4.69) is 20.8 Å². The standard InChI is InChI=1S/C15H13F3N4O3/c1-2-25-13(24)10-8-19-14(15(16,17)18)20-11(10)21-22-12(23)9-6-4-3-5-7-9/h3-8H,2H2,1H3,(H,22,23)(H,19,20,21). The minimum Gasteiger partial charge on any atom is -0.462 e. The third-order valence-electron chi connectivity index (χ3n) is 2.87. The summed E-state index contributed by atoms with van der Waals surface area (Å²) in [6.45, 7) is 1.54. The van der Waals surface area contributed by atoms with Crippen LogP contribution in [0.25, 0.3) is 0 Å². The molecule has 0 aliphatic heterocycles. The van der Waals surface area contributed by atoms with E-state index in [4.69, 9.17) is 4.74 Å². The van der Waals surface area contributed by atoms with E-state index >= 15 is 0 Å². The van der Waals surface area contributed by atoms with Crippen LogP contribution in [0.3, 0.4) is 0 Å². The molecule has 0 aliphatic carbocycles. The number of carbonyl (C=O) groups is 2. The van der Waals surface area contributed by atoms with Gasteiger partial charge in [0, 0.05) is 11.8 Å². The van der Waals surface area contributed by atoms with Gasteiger partial charge in [0.2, 0.25) is 5.82 Å². The average Bonchev–Trinajstić information content (AvgIpc) is 2.59. The Morgan fingerprint density at radius 1 is 1.20 bits per heavy atom. The number of anilines is 1. The number of benzene rings is 1. The monoisotopic (exact) mass is 354 g/mol. The van der Waals surface area contributed by atoms with Gasteiger partial charge in [-0.15, -0.1) is 0 Å². The van der Waals surface area contributed by atoms with Gasteiger partial charge in [-0.1, -0.05) is 18.2 Å². The number of hydrogen-bond acceptors (Lipinski definition) is 6. The number of esters is 1. The predicted octanol–water partition coefficient (Wildman–Crippen LogP) is 2.43. The van der Waals surface area contributed by atoms with E-state index < -0.39 is 29.7 Å². The molecule has 0 aliphatic rings. The van der Waals surface area contributed by atoms with Crippen LogP contribution in [0, 0.1) is 0 Å². The number of halogens is 3. The van der Waals surface area contributed by atoms with Gasteiger partial charge in [-0.3, -0.25) is 15.6 Å². The number of aromatic nitrogens is 2. The minimum atomic E-state index is -4.81. The highest BCUT2D eigenvalue weighted by atomic mass is 19.4. The van der Waals surface area contributed by atoms with Crippen LogP contribution in [0.4, 0.5) is 19.0 Å². The second-order valence-corrected chi connectivity index (χ2v) is 4.62. The van der Waals surface area contributed by atoms with E-state index in [0.717, 1.165) is 0 Å². The molecule has 2 aromatic rings. The van der Waals surface area contributed by atoms with E-state index in [1.807, 2.05) is 0 Å². The molecule has 1 heterocycles. The van der Waals surface area contributed by atoms with Crippen molar-refractivity contribution >= 4 is 17.7 Å².